The Balaban J connectivity index is 1.92. The Morgan fingerprint density at radius 2 is 2.24 bits per heavy atom. The number of aliphatic hydroxyl groups is 1. The minimum Gasteiger partial charge on any atom is -0.392 e. The molecule has 0 bridgehead atoms. The van der Waals surface area contributed by atoms with Crippen molar-refractivity contribution in [3.8, 4) is 0 Å². The van der Waals surface area contributed by atoms with Crippen molar-refractivity contribution < 1.29 is 5.11 Å². The molecule has 0 aromatic carbocycles. The van der Waals surface area contributed by atoms with Crippen molar-refractivity contribution >= 4 is 0 Å². The molecule has 1 fully saturated rings. The van der Waals surface area contributed by atoms with Crippen LogP contribution in [0.1, 0.15) is 43.9 Å². The minimum absolute atomic E-state index is 0.175. The number of hydrogen-bond acceptors (Lipinski definition) is 3. The van der Waals surface area contributed by atoms with E-state index in [0.717, 1.165) is 37.9 Å². The third kappa shape index (κ3) is 3.07. The van der Waals surface area contributed by atoms with Gasteiger partial charge in [-0.05, 0) is 19.3 Å². The fourth-order valence-electron chi connectivity index (χ4n) is 2.62. The summed E-state index contributed by atoms with van der Waals surface area (Å²) >= 11 is 0. The van der Waals surface area contributed by atoms with Crippen molar-refractivity contribution in [1.82, 2.24) is 15.1 Å². The van der Waals surface area contributed by atoms with Gasteiger partial charge in [-0.3, -0.25) is 4.68 Å². The van der Waals surface area contributed by atoms with E-state index in [9.17, 15) is 5.11 Å². The summed E-state index contributed by atoms with van der Waals surface area (Å²) in [4.78, 5) is 0. The van der Waals surface area contributed by atoms with Crippen LogP contribution in [0.5, 0.6) is 0 Å². The Morgan fingerprint density at radius 3 is 2.94 bits per heavy atom. The van der Waals surface area contributed by atoms with E-state index in [-0.39, 0.29) is 12.1 Å². The monoisotopic (exact) mass is 237 g/mol. The van der Waals surface area contributed by atoms with Crippen LogP contribution < -0.4 is 5.32 Å². The van der Waals surface area contributed by atoms with Crippen LogP contribution >= 0.6 is 0 Å². The summed E-state index contributed by atoms with van der Waals surface area (Å²) in [5, 5.41) is 17.8. The third-order valence-electron chi connectivity index (χ3n) is 3.61. The van der Waals surface area contributed by atoms with E-state index in [1.54, 1.807) is 0 Å². The van der Waals surface area contributed by atoms with Gasteiger partial charge in [0.15, 0.2) is 0 Å². The second-order valence-electron chi connectivity index (χ2n) is 4.97. The summed E-state index contributed by atoms with van der Waals surface area (Å²) in [5.74, 6) is 0. The van der Waals surface area contributed by atoms with Crippen LogP contribution in [0.3, 0.4) is 0 Å². The van der Waals surface area contributed by atoms with Crippen LogP contribution in [0.15, 0.2) is 6.20 Å². The zero-order valence-electron chi connectivity index (χ0n) is 10.8. The van der Waals surface area contributed by atoms with E-state index in [2.05, 4.69) is 23.5 Å². The standard InChI is InChI=1S/C13H23N3O/c1-3-11-10(9-16(2)15-11)8-14-12-6-4-5-7-13(12)17/h9,12-14,17H,3-8H2,1-2H3. The Labute approximate surface area is 103 Å². The maximum Gasteiger partial charge on any atom is 0.0693 e. The molecule has 0 amide bonds. The van der Waals surface area contributed by atoms with Crippen LogP contribution in [0.2, 0.25) is 0 Å². The quantitative estimate of drug-likeness (QED) is 0.831. The number of aliphatic hydroxyl groups excluding tert-OH is 1. The van der Waals surface area contributed by atoms with Crippen molar-refractivity contribution in [1.29, 1.82) is 0 Å². The number of rotatable bonds is 4. The summed E-state index contributed by atoms with van der Waals surface area (Å²) in [7, 11) is 1.96. The van der Waals surface area contributed by atoms with E-state index in [0.29, 0.717) is 0 Å². The summed E-state index contributed by atoms with van der Waals surface area (Å²) in [6, 6.07) is 0.258. The van der Waals surface area contributed by atoms with Gasteiger partial charge in [0, 0.05) is 31.4 Å². The highest BCUT2D eigenvalue weighted by atomic mass is 16.3. The number of nitrogens with one attached hydrogen (secondary N) is 1. The smallest absolute Gasteiger partial charge is 0.0693 e. The number of nitrogens with zero attached hydrogens (tertiary/aromatic N) is 2. The van der Waals surface area contributed by atoms with Gasteiger partial charge in [0.25, 0.3) is 0 Å². The summed E-state index contributed by atoms with van der Waals surface area (Å²) in [6.07, 6.45) is 7.26. The van der Waals surface area contributed by atoms with Crippen molar-refractivity contribution in [3.05, 3.63) is 17.5 Å². The van der Waals surface area contributed by atoms with Gasteiger partial charge in [-0.25, -0.2) is 0 Å². The topological polar surface area (TPSA) is 50.1 Å². The van der Waals surface area contributed by atoms with Crippen LogP contribution in [-0.2, 0) is 20.0 Å². The van der Waals surface area contributed by atoms with Crippen LogP contribution in [0.25, 0.3) is 0 Å². The van der Waals surface area contributed by atoms with Crippen LogP contribution in [0, 0.1) is 0 Å². The molecule has 2 rings (SSSR count). The van der Waals surface area contributed by atoms with E-state index < -0.39 is 0 Å². The summed E-state index contributed by atoms with van der Waals surface area (Å²) in [6.45, 7) is 2.94. The SMILES string of the molecule is CCc1nn(C)cc1CNC1CCCCC1O. The molecule has 1 aromatic heterocycles. The number of aryl methyl sites for hydroxylation is 2. The van der Waals surface area contributed by atoms with E-state index in [1.807, 2.05) is 11.7 Å². The molecule has 1 aliphatic carbocycles. The van der Waals surface area contributed by atoms with Crippen molar-refractivity contribution in [2.45, 2.75) is 57.7 Å². The molecule has 4 heteroatoms. The summed E-state index contributed by atoms with van der Waals surface area (Å²) < 4.78 is 1.87. The highest BCUT2D eigenvalue weighted by Gasteiger charge is 2.22. The molecule has 1 aromatic rings. The average molecular weight is 237 g/mol. The molecule has 96 valence electrons. The fraction of sp³-hybridized carbons (Fsp3) is 0.769. The molecule has 1 aliphatic rings. The summed E-state index contributed by atoms with van der Waals surface area (Å²) in [5.41, 5.74) is 2.41. The zero-order valence-corrected chi connectivity index (χ0v) is 10.8. The van der Waals surface area contributed by atoms with E-state index >= 15 is 0 Å². The van der Waals surface area contributed by atoms with Gasteiger partial charge in [0.2, 0.25) is 0 Å². The third-order valence-corrected chi connectivity index (χ3v) is 3.61. The first kappa shape index (κ1) is 12.6. The molecule has 17 heavy (non-hydrogen) atoms. The molecule has 4 nitrogen and oxygen atoms in total. The lowest BCUT2D eigenvalue weighted by atomic mass is 9.92. The Kier molecular flexibility index (Phi) is 4.18. The van der Waals surface area contributed by atoms with Gasteiger partial charge < -0.3 is 10.4 Å². The average Bonchev–Trinajstić information content (AvgIpc) is 2.69. The maximum atomic E-state index is 9.90. The van der Waals surface area contributed by atoms with Crippen LogP contribution in [0.4, 0.5) is 0 Å². The highest BCUT2D eigenvalue weighted by Crippen LogP contribution is 2.19. The van der Waals surface area contributed by atoms with Crippen molar-refractivity contribution in [2.24, 2.45) is 7.05 Å². The van der Waals surface area contributed by atoms with Gasteiger partial charge in [0.1, 0.15) is 0 Å². The van der Waals surface area contributed by atoms with Crippen molar-refractivity contribution in [2.75, 3.05) is 0 Å². The first-order valence-corrected chi connectivity index (χ1v) is 6.63. The van der Waals surface area contributed by atoms with Crippen molar-refractivity contribution in [3.63, 3.8) is 0 Å². The first-order valence-electron chi connectivity index (χ1n) is 6.63. The number of aromatic nitrogens is 2. The highest BCUT2D eigenvalue weighted by molar-refractivity contribution is 5.16. The second kappa shape index (κ2) is 5.65. The lowest BCUT2D eigenvalue weighted by Crippen LogP contribution is -2.41. The van der Waals surface area contributed by atoms with Gasteiger partial charge in [0.05, 0.1) is 11.8 Å². The van der Waals surface area contributed by atoms with E-state index in [1.165, 1.54) is 12.0 Å². The number of hydrogen-bond donors (Lipinski definition) is 2. The van der Waals surface area contributed by atoms with Gasteiger partial charge in [-0.1, -0.05) is 19.8 Å². The molecular formula is C13H23N3O. The molecule has 0 aliphatic heterocycles. The van der Waals surface area contributed by atoms with E-state index in [4.69, 9.17) is 0 Å². The minimum atomic E-state index is -0.175. The first-order chi connectivity index (χ1) is 8.20. The Morgan fingerprint density at radius 1 is 1.47 bits per heavy atom. The molecule has 1 heterocycles. The lowest BCUT2D eigenvalue weighted by molar-refractivity contribution is 0.0902. The molecule has 0 spiro atoms. The Hall–Kier alpha value is -0.870. The molecule has 0 radical (unpaired) electrons. The molecular weight excluding hydrogens is 214 g/mol. The molecule has 2 N–H and O–H groups in total. The second-order valence-corrected chi connectivity index (χ2v) is 4.97. The zero-order chi connectivity index (χ0) is 12.3. The Bertz CT molecular complexity index is 362. The van der Waals surface area contributed by atoms with Gasteiger partial charge in [-0.15, -0.1) is 0 Å². The lowest BCUT2D eigenvalue weighted by Gasteiger charge is -2.28. The predicted molar refractivity (Wildman–Crippen MR) is 67.7 cm³/mol. The van der Waals surface area contributed by atoms with Gasteiger partial charge in [-0.2, -0.15) is 5.10 Å². The molecule has 2 unspecified atom stereocenters. The van der Waals surface area contributed by atoms with Crippen LogP contribution in [-0.4, -0.2) is 27.0 Å². The molecule has 1 saturated carbocycles. The maximum absolute atomic E-state index is 9.90. The molecule has 0 saturated heterocycles. The fourth-order valence-corrected chi connectivity index (χ4v) is 2.62. The molecule has 2 atom stereocenters. The predicted octanol–water partition coefficient (Wildman–Crippen LogP) is 1.38. The largest absolute Gasteiger partial charge is 0.392 e. The normalized spacial score (nSPS) is 25.1. The van der Waals surface area contributed by atoms with Gasteiger partial charge >= 0.3 is 0 Å².